The highest BCUT2D eigenvalue weighted by Gasteiger charge is 2.07. The second-order valence-corrected chi connectivity index (χ2v) is 5.95. The first-order valence-corrected chi connectivity index (χ1v) is 7.53. The van der Waals surface area contributed by atoms with Crippen molar-refractivity contribution in [3.8, 4) is 0 Å². The van der Waals surface area contributed by atoms with Gasteiger partial charge in [0.25, 0.3) is 0 Å². The molecule has 0 aliphatic heterocycles. The first-order valence-electron chi connectivity index (χ1n) is 5.38. The van der Waals surface area contributed by atoms with Gasteiger partial charge in [0.1, 0.15) is 16.9 Å². The summed E-state index contributed by atoms with van der Waals surface area (Å²) in [7, 11) is 3.29. The molecule has 0 unspecified atom stereocenters. The molecule has 0 bridgehead atoms. The molecular formula is C12H10N4S2. The molecule has 18 heavy (non-hydrogen) atoms. The molecule has 0 saturated carbocycles. The second kappa shape index (κ2) is 4.99. The molecular weight excluding hydrogens is 264 g/mol. The number of nitrogens with zero attached hydrogens (tertiary/aromatic N) is 3. The Morgan fingerprint density at radius 3 is 2.67 bits per heavy atom. The molecule has 0 fully saturated rings. The van der Waals surface area contributed by atoms with Crippen LogP contribution in [0.5, 0.6) is 0 Å². The third-order valence-corrected chi connectivity index (χ3v) is 4.74. The largest absolute Gasteiger partial charge is 0.341 e. The van der Waals surface area contributed by atoms with Gasteiger partial charge in [0.15, 0.2) is 5.65 Å². The third-order valence-electron chi connectivity index (χ3n) is 2.43. The van der Waals surface area contributed by atoms with Crippen molar-refractivity contribution in [2.24, 2.45) is 0 Å². The fourth-order valence-electron chi connectivity index (χ4n) is 1.49. The van der Waals surface area contributed by atoms with Gasteiger partial charge in [-0.25, -0.2) is 15.0 Å². The number of rotatable bonds is 3. The van der Waals surface area contributed by atoms with Crippen molar-refractivity contribution in [3.05, 3.63) is 42.5 Å². The minimum absolute atomic E-state index is 0.706. The van der Waals surface area contributed by atoms with E-state index in [9.17, 15) is 0 Å². The Balaban J connectivity index is 1.80. The highest BCUT2D eigenvalue weighted by molar-refractivity contribution is 8.76. The van der Waals surface area contributed by atoms with Gasteiger partial charge in [-0.1, -0.05) is 28.5 Å². The summed E-state index contributed by atoms with van der Waals surface area (Å²) in [6, 6.07) is 8.43. The standard InChI is InChI=1S/C12H10N4S2/c1-8-2-4-9(5-3-8)17-18-12-10-11(14-6-13-10)15-7-16-12/h2-7H,1H3,(H,13,14,15,16). The lowest BCUT2D eigenvalue weighted by Crippen LogP contribution is -1.84. The number of hydrogen-bond donors (Lipinski definition) is 1. The van der Waals surface area contributed by atoms with Crippen molar-refractivity contribution in [2.75, 3.05) is 0 Å². The quantitative estimate of drug-likeness (QED) is 0.585. The maximum atomic E-state index is 4.27. The Hall–Kier alpha value is -1.53. The number of H-pyrrole nitrogens is 1. The molecule has 0 saturated heterocycles. The number of hydrogen-bond acceptors (Lipinski definition) is 5. The summed E-state index contributed by atoms with van der Waals surface area (Å²) in [6.07, 6.45) is 3.18. The Morgan fingerprint density at radius 2 is 1.83 bits per heavy atom. The molecule has 2 aromatic heterocycles. The van der Waals surface area contributed by atoms with Crippen LogP contribution in [0.3, 0.4) is 0 Å². The summed E-state index contributed by atoms with van der Waals surface area (Å²) in [6.45, 7) is 2.08. The molecule has 90 valence electrons. The van der Waals surface area contributed by atoms with E-state index in [2.05, 4.69) is 51.1 Å². The van der Waals surface area contributed by atoms with Crippen molar-refractivity contribution < 1.29 is 0 Å². The van der Waals surface area contributed by atoms with Gasteiger partial charge < -0.3 is 4.98 Å². The van der Waals surface area contributed by atoms with Crippen LogP contribution in [-0.2, 0) is 0 Å². The van der Waals surface area contributed by atoms with Gasteiger partial charge in [-0.3, -0.25) is 0 Å². The lowest BCUT2D eigenvalue weighted by molar-refractivity contribution is 1.09. The fourth-order valence-corrected chi connectivity index (χ4v) is 3.47. The third kappa shape index (κ3) is 2.34. The topological polar surface area (TPSA) is 54.5 Å². The average Bonchev–Trinajstić information content (AvgIpc) is 2.87. The van der Waals surface area contributed by atoms with Crippen molar-refractivity contribution in [1.82, 2.24) is 19.9 Å². The molecule has 1 N–H and O–H groups in total. The number of aryl methyl sites for hydroxylation is 1. The molecule has 0 radical (unpaired) electrons. The van der Waals surface area contributed by atoms with Crippen LogP contribution in [0.15, 0.2) is 46.8 Å². The van der Waals surface area contributed by atoms with Gasteiger partial charge >= 0.3 is 0 Å². The summed E-state index contributed by atoms with van der Waals surface area (Å²) in [5.41, 5.74) is 2.86. The number of aromatic nitrogens is 4. The van der Waals surface area contributed by atoms with E-state index in [1.165, 1.54) is 10.5 Å². The Bertz CT molecular complexity index is 663. The number of benzene rings is 1. The van der Waals surface area contributed by atoms with Crippen LogP contribution in [-0.4, -0.2) is 19.9 Å². The van der Waals surface area contributed by atoms with Crippen molar-refractivity contribution in [1.29, 1.82) is 0 Å². The summed E-state index contributed by atoms with van der Waals surface area (Å²) in [4.78, 5) is 16.7. The summed E-state index contributed by atoms with van der Waals surface area (Å²) in [5.74, 6) is 0. The molecule has 0 atom stereocenters. The first-order chi connectivity index (χ1) is 8.83. The number of imidazole rings is 1. The van der Waals surface area contributed by atoms with Crippen molar-refractivity contribution in [2.45, 2.75) is 16.8 Å². The Kier molecular flexibility index (Phi) is 3.21. The number of fused-ring (bicyclic) bond motifs is 1. The molecule has 0 amide bonds. The SMILES string of the molecule is Cc1ccc(SSc2ncnc3nc[nH]c23)cc1. The monoisotopic (exact) mass is 274 g/mol. The Morgan fingerprint density at radius 1 is 1.00 bits per heavy atom. The van der Waals surface area contributed by atoms with Gasteiger partial charge in [-0.15, -0.1) is 0 Å². The minimum Gasteiger partial charge on any atom is -0.341 e. The van der Waals surface area contributed by atoms with E-state index < -0.39 is 0 Å². The minimum atomic E-state index is 0.706. The van der Waals surface area contributed by atoms with Crippen LogP contribution in [0, 0.1) is 6.92 Å². The van der Waals surface area contributed by atoms with E-state index in [1.807, 2.05) is 0 Å². The summed E-state index contributed by atoms with van der Waals surface area (Å²) in [5, 5.41) is 0.906. The molecule has 4 nitrogen and oxygen atoms in total. The van der Waals surface area contributed by atoms with E-state index in [0.29, 0.717) is 5.65 Å². The van der Waals surface area contributed by atoms with Crippen molar-refractivity contribution in [3.63, 3.8) is 0 Å². The highest BCUT2D eigenvalue weighted by atomic mass is 33.1. The number of nitrogens with one attached hydrogen (secondary N) is 1. The van der Waals surface area contributed by atoms with Gasteiger partial charge in [0.2, 0.25) is 0 Å². The zero-order valence-electron chi connectivity index (χ0n) is 9.62. The predicted molar refractivity (Wildman–Crippen MR) is 74.6 cm³/mol. The predicted octanol–water partition coefficient (Wildman–Crippen LogP) is 3.46. The van der Waals surface area contributed by atoms with Crippen LogP contribution in [0.25, 0.3) is 11.2 Å². The van der Waals surface area contributed by atoms with Gasteiger partial charge in [0.05, 0.1) is 6.33 Å². The molecule has 2 heterocycles. The maximum Gasteiger partial charge on any atom is 0.181 e. The van der Waals surface area contributed by atoms with E-state index in [4.69, 9.17) is 0 Å². The van der Waals surface area contributed by atoms with Crippen LogP contribution in [0.2, 0.25) is 0 Å². The normalized spacial score (nSPS) is 10.9. The highest BCUT2D eigenvalue weighted by Crippen LogP contribution is 2.38. The average molecular weight is 274 g/mol. The Labute approximate surface area is 112 Å². The fraction of sp³-hybridized carbons (Fsp3) is 0.0833. The second-order valence-electron chi connectivity index (χ2n) is 3.76. The molecule has 3 rings (SSSR count). The van der Waals surface area contributed by atoms with Crippen LogP contribution in [0.4, 0.5) is 0 Å². The van der Waals surface area contributed by atoms with E-state index in [1.54, 1.807) is 34.2 Å². The number of aromatic amines is 1. The molecule has 1 aromatic carbocycles. The summed E-state index contributed by atoms with van der Waals surface area (Å²) < 4.78 is 0. The van der Waals surface area contributed by atoms with Crippen LogP contribution in [0.1, 0.15) is 5.56 Å². The van der Waals surface area contributed by atoms with Gasteiger partial charge in [-0.2, -0.15) is 0 Å². The van der Waals surface area contributed by atoms with Crippen LogP contribution >= 0.6 is 21.6 Å². The van der Waals surface area contributed by atoms with Gasteiger partial charge in [0, 0.05) is 4.90 Å². The summed E-state index contributed by atoms with van der Waals surface area (Å²) >= 11 is 0. The maximum absolute atomic E-state index is 4.27. The van der Waals surface area contributed by atoms with Crippen LogP contribution < -0.4 is 0 Å². The van der Waals surface area contributed by atoms with Crippen molar-refractivity contribution >= 4 is 32.8 Å². The molecule has 0 aliphatic carbocycles. The molecule has 3 aromatic rings. The van der Waals surface area contributed by atoms with E-state index in [-0.39, 0.29) is 0 Å². The molecule has 0 spiro atoms. The van der Waals surface area contributed by atoms with E-state index in [0.717, 1.165) is 10.5 Å². The smallest absolute Gasteiger partial charge is 0.181 e. The first kappa shape index (κ1) is 11.6. The van der Waals surface area contributed by atoms with Gasteiger partial charge in [-0.05, 0) is 29.9 Å². The molecule has 0 aliphatic rings. The lowest BCUT2D eigenvalue weighted by atomic mass is 10.2. The molecule has 6 heteroatoms. The van der Waals surface area contributed by atoms with E-state index >= 15 is 0 Å². The zero-order valence-corrected chi connectivity index (χ0v) is 11.3. The lowest BCUT2D eigenvalue weighted by Gasteiger charge is -2.01. The zero-order chi connectivity index (χ0) is 12.4.